The van der Waals surface area contributed by atoms with E-state index in [1.54, 1.807) is 0 Å². The Kier molecular flexibility index (Phi) is 5.74. The topological polar surface area (TPSA) is 52.3 Å². The third-order valence-corrected chi connectivity index (χ3v) is 4.89. The molecular weight excluding hydrogens is 390 g/mol. The second kappa shape index (κ2) is 8.19. The van der Waals surface area contributed by atoms with E-state index in [9.17, 15) is 4.79 Å². The molecule has 26 heavy (non-hydrogen) atoms. The van der Waals surface area contributed by atoms with Crippen LogP contribution >= 0.6 is 15.9 Å². The van der Waals surface area contributed by atoms with Gasteiger partial charge in [-0.1, -0.05) is 59.3 Å². The van der Waals surface area contributed by atoms with Crippen molar-refractivity contribution in [2.75, 3.05) is 0 Å². The lowest BCUT2D eigenvalue weighted by molar-refractivity contribution is -0.117. The molecule has 0 aromatic heterocycles. The highest BCUT2D eigenvalue weighted by molar-refractivity contribution is 9.10. The predicted molar refractivity (Wildman–Crippen MR) is 108 cm³/mol. The molecule has 3 aromatic rings. The van der Waals surface area contributed by atoms with Crippen molar-refractivity contribution >= 4 is 21.8 Å². The molecule has 3 rings (SSSR count). The summed E-state index contributed by atoms with van der Waals surface area (Å²) in [5.41, 5.74) is 9.63. The Morgan fingerprint density at radius 2 is 1.65 bits per heavy atom. The quantitative estimate of drug-likeness (QED) is 0.584. The molecule has 0 radical (unpaired) electrons. The van der Waals surface area contributed by atoms with E-state index in [2.05, 4.69) is 28.9 Å². The molecular formula is C22H20BrNO2. The maximum atomic E-state index is 11.3. The van der Waals surface area contributed by atoms with Gasteiger partial charge in [0.1, 0.15) is 11.5 Å². The summed E-state index contributed by atoms with van der Waals surface area (Å²) in [5.74, 6) is 1.11. The van der Waals surface area contributed by atoms with E-state index in [1.165, 1.54) is 0 Å². The Balaban J connectivity index is 1.81. The van der Waals surface area contributed by atoms with Gasteiger partial charge in [-0.15, -0.1) is 0 Å². The molecule has 0 aliphatic rings. The van der Waals surface area contributed by atoms with Crippen LogP contribution in [0.5, 0.6) is 11.5 Å². The number of rotatable bonds is 6. The highest BCUT2D eigenvalue weighted by Crippen LogP contribution is 2.31. The van der Waals surface area contributed by atoms with Gasteiger partial charge >= 0.3 is 0 Å². The van der Waals surface area contributed by atoms with Crippen LogP contribution in [0.4, 0.5) is 0 Å². The van der Waals surface area contributed by atoms with E-state index in [-0.39, 0.29) is 12.3 Å². The normalized spacial score (nSPS) is 10.5. The minimum absolute atomic E-state index is 0.224. The molecule has 0 heterocycles. The average Bonchev–Trinajstić information content (AvgIpc) is 2.63. The standard InChI is InChI=1S/C22H20BrNO2/c1-2-15-7-12-19(13-17(15)14-22(24)25)26-18-10-8-16(9-11-18)20-5-3-4-6-21(20)23/h3-13H,2,14H2,1H3,(H2,24,25). The lowest BCUT2D eigenvalue weighted by Crippen LogP contribution is -2.14. The highest BCUT2D eigenvalue weighted by atomic mass is 79.9. The number of hydrogen-bond donors (Lipinski definition) is 1. The summed E-state index contributed by atoms with van der Waals surface area (Å²) >= 11 is 3.58. The van der Waals surface area contributed by atoms with Crippen molar-refractivity contribution in [3.8, 4) is 22.6 Å². The first-order chi connectivity index (χ1) is 12.6. The smallest absolute Gasteiger partial charge is 0.221 e. The van der Waals surface area contributed by atoms with Crippen molar-refractivity contribution in [3.63, 3.8) is 0 Å². The molecule has 3 nitrogen and oxygen atoms in total. The lowest BCUT2D eigenvalue weighted by atomic mass is 10.0. The number of ether oxygens (including phenoxy) is 1. The van der Waals surface area contributed by atoms with Crippen LogP contribution in [0.3, 0.4) is 0 Å². The van der Waals surface area contributed by atoms with Crippen molar-refractivity contribution < 1.29 is 9.53 Å². The highest BCUT2D eigenvalue weighted by Gasteiger charge is 2.08. The van der Waals surface area contributed by atoms with Crippen LogP contribution in [0.1, 0.15) is 18.1 Å². The van der Waals surface area contributed by atoms with E-state index >= 15 is 0 Å². The predicted octanol–water partition coefficient (Wildman–Crippen LogP) is 5.50. The van der Waals surface area contributed by atoms with Gasteiger partial charge in [-0.2, -0.15) is 0 Å². The summed E-state index contributed by atoms with van der Waals surface area (Å²) in [4.78, 5) is 11.3. The first kappa shape index (κ1) is 18.2. The molecule has 3 aromatic carbocycles. The molecule has 132 valence electrons. The zero-order valence-corrected chi connectivity index (χ0v) is 16.1. The molecule has 1 amide bonds. The van der Waals surface area contributed by atoms with Crippen molar-refractivity contribution in [1.82, 2.24) is 0 Å². The van der Waals surface area contributed by atoms with Crippen LogP contribution in [0.25, 0.3) is 11.1 Å². The van der Waals surface area contributed by atoms with Gasteiger partial charge < -0.3 is 10.5 Å². The molecule has 0 fully saturated rings. The third kappa shape index (κ3) is 4.33. The molecule has 0 atom stereocenters. The zero-order chi connectivity index (χ0) is 18.5. The monoisotopic (exact) mass is 409 g/mol. The van der Waals surface area contributed by atoms with Crippen LogP contribution in [0, 0.1) is 0 Å². The molecule has 0 aliphatic carbocycles. The lowest BCUT2D eigenvalue weighted by Gasteiger charge is -2.11. The van der Waals surface area contributed by atoms with Gasteiger partial charge in [-0.05, 0) is 59.0 Å². The van der Waals surface area contributed by atoms with Crippen molar-refractivity contribution in [2.45, 2.75) is 19.8 Å². The number of primary amides is 1. The van der Waals surface area contributed by atoms with Crippen molar-refractivity contribution in [2.24, 2.45) is 5.73 Å². The molecule has 4 heteroatoms. The summed E-state index contributed by atoms with van der Waals surface area (Å²) in [7, 11) is 0. The Hall–Kier alpha value is -2.59. The maximum absolute atomic E-state index is 11.3. The Morgan fingerprint density at radius 1 is 0.962 bits per heavy atom. The number of halogens is 1. The van der Waals surface area contributed by atoms with Crippen LogP contribution < -0.4 is 10.5 Å². The van der Waals surface area contributed by atoms with Gasteiger partial charge in [-0.25, -0.2) is 0 Å². The summed E-state index contributed by atoms with van der Waals surface area (Å²) in [6, 6.07) is 21.8. The number of carbonyl (C=O) groups is 1. The average molecular weight is 410 g/mol. The minimum atomic E-state index is -0.338. The van der Waals surface area contributed by atoms with E-state index in [0.717, 1.165) is 38.9 Å². The van der Waals surface area contributed by atoms with Crippen LogP contribution in [-0.2, 0) is 17.6 Å². The van der Waals surface area contributed by atoms with Gasteiger partial charge in [0.15, 0.2) is 0 Å². The molecule has 2 N–H and O–H groups in total. The molecule has 0 saturated heterocycles. The summed E-state index contributed by atoms with van der Waals surface area (Å²) in [6.07, 6.45) is 1.07. The number of hydrogen-bond acceptors (Lipinski definition) is 2. The van der Waals surface area contributed by atoms with Gasteiger partial charge in [-0.3, -0.25) is 4.79 Å². The largest absolute Gasteiger partial charge is 0.457 e. The van der Waals surface area contributed by atoms with Crippen molar-refractivity contribution in [3.05, 3.63) is 82.3 Å². The maximum Gasteiger partial charge on any atom is 0.221 e. The first-order valence-corrected chi connectivity index (χ1v) is 9.29. The summed E-state index contributed by atoms with van der Waals surface area (Å²) < 4.78 is 7.01. The van der Waals surface area contributed by atoms with Gasteiger partial charge in [0.25, 0.3) is 0 Å². The fourth-order valence-corrected chi connectivity index (χ4v) is 3.41. The van der Waals surface area contributed by atoms with Gasteiger partial charge in [0, 0.05) is 4.47 Å². The van der Waals surface area contributed by atoms with Crippen LogP contribution in [0.15, 0.2) is 71.2 Å². The second-order valence-corrected chi connectivity index (χ2v) is 6.89. The Labute approximate surface area is 161 Å². The third-order valence-electron chi connectivity index (χ3n) is 4.20. The second-order valence-electron chi connectivity index (χ2n) is 6.03. The Bertz CT molecular complexity index is 920. The fourth-order valence-electron chi connectivity index (χ4n) is 2.90. The van der Waals surface area contributed by atoms with E-state index < -0.39 is 0 Å². The number of aryl methyl sites for hydroxylation is 1. The molecule has 0 bridgehead atoms. The molecule has 0 unspecified atom stereocenters. The van der Waals surface area contributed by atoms with Gasteiger partial charge in [0.05, 0.1) is 6.42 Å². The number of carbonyl (C=O) groups excluding carboxylic acids is 1. The molecule has 0 spiro atoms. The Morgan fingerprint density at radius 3 is 2.31 bits per heavy atom. The van der Waals surface area contributed by atoms with Crippen molar-refractivity contribution in [1.29, 1.82) is 0 Å². The number of nitrogens with two attached hydrogens (primary N) is 1. The summed E-state index contributed by atoms with van der Waals surface area (Å²) in [6.45, 7) is 2.06. The number of benzene rings is 3. The first-order valence-electron chi connectivity index (χ1n) is 8.49. The van der Waals surface area contributed by atoms with E-state index in [0.29, 0.717) is 5.75 Å². The van der Waals surface area contributed by atoms with Crippen LogP contribution in [0.2, 0.25) is 0 Å². The fraction of sp³-hybridized carbons (Fsp3) is 0.136. The summed E-state index contributed by atoms with van der Waals surface area (Å²) in [5, 5.41) is 0. The minimum Gasteiger partial charge on any atom is -0.457 e. The molecule has 0 aliphatic heterocycles. The molecule has 0 saturated carbocycles. The van der Waals surface area contributed by atoms with E-state index in [4.69, 9.17) is 10.5 Å². The zero-order valence-electron chi connectivity index (χ0n) is 14.5. The SMILES string of the molecule is CCc1ccc(Oc2ccc(-c3ccccc3Br)cc2)cc1CC(N)=O. The van der Waals surface area contributed by atoms with Gasteiger partial charge in [0.2, 0.25) is 5.91 Å². The van der Waals surface area contributed by atoms with Crippen LogP contribution in [-0.4, -0.2) is 5.91 Å². The number of amides is 1. The van der Waals surface area contributed by atoms with E-state index in [1.807, 2.05) is 60.7 Å².